The number of carbonyl (C=O) groups excluding carboxylic acids is 4. The predicted octanol–water partition coefficient (Wildman–Crippen LogP) is 2.61. The van der Waals surface area contributed by atoms with Crippen molar-refractivity contribution >= 4 is 41.5 Å². The molecule has 1 saturated heterocycles. The molecule has 51 heavy (non-hydrogen) atoms. The van der Waals surface area contributed by atoms with E-state index in [0.717, 1.165) is 51.4 Å². The lowest BCUT2D eigenvalue weighted by atomic mass is 9.96. The van der Waals surface area contributed by atoms with Gasteiger partial charge in [0.1, 0.15) is 17.9 Å². The Labute approximate surface area is 302 Å². The number of hydrogen-bond donors (Lipinski definition) is 8. The number of Topliss-reactive ketones (excluding diaryl/α,β-unsaturated/α-hetero) is 1. The zero-order valence-corrected chi connectivity index (χ0v) is 30.7. The van der Waals surface area contributed by atoms with E-state index in [9.17, 15) is 38.7 Å². The number of aliphatic carboxylic acids is 3. The topological polar surface area (TPSA) is 306 Å². The van der Waals surface area contributed by atoms with Crippen molar-refractivity contribution in [3.8, 4) is 0 Å². The molecule has 296 valence electrons. The van der Waals surface area contributed by atoms with Crippen LogP contribution in [0.2, 0.25) is 0 Å². The molecule has 0 spiro atoms. The third-order valence-corrected chi connectivity index (χ3v) is 8.26. The van der Waals surface area contributed by atoms with Crippen LogP contribution >= 0.6 is 0 Å². The maximum Gasteiger partial charge on any atom is 0.326 e. The number of esters is 2. The van der Waals surface area contributed by atoms with Gasteiger partial charge in [0.2, 0.25) is 5.91 Å². The quantitative estimate of drug-likeness (QED) is 0.0342. The lowest BCUT2D eigenvalue weighted by Gasteiger charge is -2.19. The number of cyclic esters (lactones) is 2. The number of nitrogens with two attached hydrogens (primary N) is 4. The Bertz CT molecular complexity index is 1040. The maximum absolute atomic E-state index is 12.4. The van der Waals surface area contributed by atoms with E-state index in [4.69, 9.17) is 33.1 Å². The number of ketones is 1. The van der Waals surface area contributed by atoms with E-state index in [2.05, 4.69) is 17.0 Å². The summed E-state index contributed by atoms with van der Waals surface area (Å²) in [6.07, 6.45) is 11.6. The summed E-state index contributed by atoms with van der Waals surface area (Å²) in [4.78, 5) is 78.4. The van der Waals surface area contributed by atoms with Crippen LogP contribution in [0.15, 0.2) is 0 Å². The standard InChI is InChI=1S/C21H39N3O6.C8H12O3.C6H14N2O2/c1-2-3-9-15(14-19(26)27)20(28)24-17(21(29)30)11-5-4-6-12-18(25)16(23)10-7-8-13-22;1-2-3-4-6-5-7(9)11-8(6)10;7-4-2-1-3-5(8)6(9)10/h15-17H,2-14,22-23H2,1H3,(H,24,28)(H,26,27)(H,29,30);6H,2-5H2,1H3;5H,1-4,7-8H2,(H,9,10). The van der Waals surface area contributed by atoms with Crippen molar-refractivity contribution in [3.05, 3.63) is 0 Å². The molecular formula is C35H65N5O11. The van der Waals surface area contributed by atoms with Crippen LogP contribution in [0.4, 0.5) is 0 Å². The van der Waals surface area contributed by atoms with Gasteiger partial charge in [-0.15, -0.1) is 0 Å². The molecule has 0 radical (unpaired) electrons. The van der Waals surface area contributed by atoms with Gasteiger partial charge in [-0.25, -0.2) is 4.79 Å². The van der Waals surface area contributed by atoms with Gasteiger partial charge in [-0.2, -0.15) is 0 Å². The molecule has 1 rings (SSSR count). The Morgan fingerprint density at radius 3 is 1.78 bits per heavy atom. The lowest BCUT2D eigenvalue weighted by molar-refractivity contribution is -0.153. The van der Waals surface area contributed by atoms with Crippen LogP contribution in [0.1, 0.15) is 136 Å². The average molecular weight is 732 g/mol. The molecule has 0 saturated carbocycles. The first-order valence-electron chi connectivity index (χ1n) is 18.3. The van der Waals surface area contributed by atoms with E-state index in [1.807, 2.05) is 6.92 Å². The van der Waals surface area contributed by atoms with E-state index in [0.29, 0.717) is 70.9 Å². The summed E-state index contributed by atoms with van der Waals surface area (Å²) >= 11 is 0. The summed E-state index contributed by atoms with van der Waals surface area (Å²) in [5.74, 6) is -5.27. The van der Waals surface area contributed by atoms with Crippen LogP contribution in [-0.2, 0) is 38.3 Å². The van der Waals surface area contributed by atoms with Gasteiger partial charge in [-0.3, -0.25) is 28.8 Å². The highest BCUT2D eigenvalue weighted by molar-refractivity contribution is 5.94. The molecular weight excluding hydrogens is 666 g/mol. The number of unbranched alkanes of at least 4 members (excludes halogenated alkanes) is 6. The summed E-state index contributed by atoms with van der Waals surface area (Å²) in [6, 6.07) is -2.26. The first-order valence-corrected chi connectivity index (χ1v) is 18.3. The highest BCUT2D eigenvalue weighted by atomic mass is 16.6. The Morgan fingerprint density at radius 1 is 0.745 bits per heavy atom. The maximum atomic E-state index is 12.4. The molecule has 1 amide bonds. The van der Waals surface area contributed by atoms with Crippen molar-refractivity contribution in [2.45, 2.75) is 154 Å². The zero-order chi connectivity index (χ0) is 39.2. The van der Waals surface area contributed by atoms with Gasteiger partial charge in [0.15, 0.2) is 0 Å². The fraction of sp³-hybridized carbons (Fsp3) is 0.800. The van der Waals surface area contributed by atoms with E-state index >= 15 is 0 Å². The number of rotatable bonds is 27. The number of ether oxygens (including phenoxy) is 1. The van der Waals surface area contributed by atoms with Crippen LogP contribution in [0.25, 0.3) is 0 Å². The molecule has 0 aromatic carbocycles. The average Bonchev–Trinajstić information content (AvgIpc) is 3.40. The van der Waals surface area contributed by atoms with Crippen molar-refractivity contribution in [2.24, 2.45) is 34.8 Å². The molecule has 0 bridgehead atoms. The van der Waals surface area contributed by atoms with E-state index in [1.165, 1.54) is 0 Å². The number of nitrogens with one attached hydrogen (secondary N) is 1. The van der Waals surface area contributed by atoms with Crippen LogP contribution in [0.3, 0.4) is 0 Å². The summed E-state index contributed by atoms with van der Waals surface area (Å²) in [7, 11) is 0. The van der Waals surface area contributed by atoms with Crippen molar-refractivity contribution in [1.82, 2.24) is 5.32 Å². The van der Waals surface area contributed by atoms with E-state index < -0.39 is 47.9 Å². The van der Waals surface area contributed by atoms with Crippen LogP contribution in [0, 0.1) is 11.8 Å². The first-order chi connectivity index (χ1) is 24.1. The Balaban J connectivity index is 0. The minimum atomic E-state index is -1.15. The number of hydrogen-bond acceptors (Lipinski definition) is 12. The first kappa shape index (κ1) is 49.6. The van der Waals surface area contributed by atoms with E-state index in [-0.39, 0.29) is 36.5 Å². The molecule has 0 aromatic heterocycles. The lowest BCUT2D eigenvalue weighted by Crippen LogP contribution is -2.44. The molecule has 1 aliphatic rings. The Morgan fingerprint density at radius 2 is 1.31 bits per heavy atom. The molecule has 1 heterocycles. The highest BCUT2D eigenvalue weighted by Crippen LogP contribution is 2.21. The van der Waals surface area contributed by atoms with Gasteiger partial charge in [-0.1, -0.05) is 65.2 Å². The van der Waals surface area contributed by atoms with Gasteiger partial charge in [0.05, 0.1) is 24.8 Å². The van der Waals surface area contributed by atoms with Crippen molar-refractivity contribution in [1.29, 1.82) is 0 Å². The molecule has 1 aliphatic heterocycles. The predicted molar refractivity (Wildman–Crippen MR) is 191 cm³/mol. The molecule has 1 fully saturated rings. The number of carboxylic acids is 3. The smallest absolute Gasteiger partial charge is 0.326 e. The molecule has 0 aliphatic carbocycles. The Kier molecular flexibility index (Phi) is 30.4. The summed E-state index contributed by atoms with van der Waals surface area (Å²) < 4.78 is 4.39. The minimum Gasteiger partial charge on any atom is -0.481 e. The van der Waals surface area contributed by atoms with Gasteiger partial charge in [0.25, 0.3) is 0 Å². The molecule has 0 aromatic rings. The van der Waals surface area contributed by atoms with Gasteiger partial charge in [0, 0.05) is 12.3 Å². The van der Waals surface area contributed by atoms with Crippen LogP contribution < -0.4 is 28.3 Å². The highest BCUT2D eigenvalue weighted by Gasteiger charge is 2.32. The SMILES string of the molecule is CCCCC(CC(=O)O)C(=O)NC(CCCCCC(=O)C(N)CCCCN)C(=O)O.CCCCC1CC(=O)OC1=O.NCCCCC(N)C(=O)O. The Hall–Kier alpha value is -3.47. The fourth-order valence-corrected chi connectivity index (χ4v) is 5.04. The zero-order valence-electron chi connectivity index (χ0n) is 30.7. The second-order valence-electron chi connectivity index (χ2n) is 12.9. The van der Waals surface area contributed by atoms with Crippen LogP contribution in [0.5, 0.6) is 0 Å². The number of carbonyl (C=O) groups is 7. The van der Waals surface area contributed by atoms with Crippen molar-refractivity contribution < 1.29 is 53.6 Å². The van der Waals surface area contributed by atoms with E-state index in [1.54, 1.807) is 0 Å². The summed E-state index contributed by atoms with van der Waals surface area (Å²) in [5, 5.41) is 29.2. The normalized spacial score (nSPS) is 15.9. The molecule has 12 N–H and O–H groups in total. The van der Waals surface area contributed by atoms with Gasteiger partial charge >= 0.3 is 29.8 Å². The third-order valence-electron chi connectivity index (χ3n) is 8.26. The van der Waals surface area contributed by atoms with Crippen molar-refractivity contribution in [3.63, 3.8) is 0 Å². The van der Waals surface area contributed by atoms with Crippen LogP contribution in [-0.4, -0.2) is 88.1 Å². The number of carboxylic acid groups (broad SMARTS) is 3. The minimum absolute atomic E-state index is 0.00236. The summed E-state index contributed by atoms with van der Waals surface area (Å²) in [6.45, 7) is 5.18. The molecule has 16 nitrogen and oxygen atoms in total. The number of amides is 1. The molecule has 16 heteroatoms. The largest absolute Gasteiger partial charge is 0.481 e. The second kappa shape index (κ2) is 31.3. The summed E-state index contributed by atoms with van der Waals surface area (Å²) in [5.41, 5.74) is 21.7. The second-order valence-corrected chi connectivity index (χ2v) is 12.9. The molecule has 5 atom stereocenters. The monoisotopic (exact) mass is 731 g/mol. The molecule has 5 unspecified atom stereocenters. The van der Waals surface area contributed by atoms with Gasteiger partial charge < -0.3 is 48.3 Å². The van der Waals surface area contributed by atoms with Crippen molar-refractivity contribution in [2.75, 3.05) is 13.1 Å². The van der Waals surface area contributed by atoms with Gasteiger partial charge in [-0.05, 0) is 64.5 Å². The third kappa shape index (κ3) is 26.9. The fourth-order valence-electron chi connectivity index (χ4n) is 5.04.